The Morgan fingerprint density at radius 2 is 1.65 bits per heavy atom. The van der Waals surface area contributed by atoms with Gasteiger partial charge in [0.15, 0.2) is 11.6 Å². The van der Waals surface area contributed by atoms with Gasteiger partial charge in [0, 0.05) is 17.4 Å². The number of hydrogen-bond donors (Lipinski definition) is 0. The van der Waals surface area contributed by atoms with Crippen LogP contribution in [0.1, 0.15) is 46.9 Å². The van der Waals surface area contributed by atoms with E-state index in [9.17, 15) is 4.39 Å². The molecule has 4 rings (SSSR count). The van der Waals surface area contributed by atoms with Crippen LogP contribution in [0, 0.1) is 19.7 Å². The molecule has 1 fully saturated rings. The van der Waals surface area contributed by atoms with E-state index in [4.69, 9.17) is 4.74 Å². The van der Waals surface area contributed by atoms with Crippen molar-refractivity contribution < 1.29 is 13.5 Å². The van der Waals surface area contributed by atoms with Crippen molar-refractivity contribution >= 4 is 0 Å². The summed E-state index contributed by atoms with van der Waals surface area (Å²) in [5.41, 5.74) is 3.56. The van der Waals surface area contributed by atoms with Gasteiger partial charge in [-0.1, -0.05) is 42.0 Å². The molecular formula is C20H20F2O. The van der Waals surface area contributed by atoms with Gasteiger partial charge in [0.25, 0.3) is 0 Å². The lowest BCUT2D eigenvalue weighted by Crippen LogP contribution is -2.39. The summed E-state index contributed by atoms with van der Waals surface area (Å²) in [6.07, 6.45) is -0.0760. The molecule has 2 aliphatic rings. The highest BCUT2D eigenvalue weighted by molar-refractivity contribution is 5.46. The van der Waals surface area contributed by atoms with E-state index in [-0.39, 0.29) is 23.4 Å². The highest BCUT2D eigenvalue weighted by Crippen LogP contribution is 2.51. The van der Waals surface area contributed by atoms with Crippen LogP contribution < -0.4 is 4.74 Å². The first-order valence-corrected chi connectivity index (χ1v) is 8.22. The predicted molar refractivity (Wildman–Crippen MR) is 86.3 cm³/mol. The van der Waals surface area contributed by atoms with Crippen molar-refractivity contribution in [3.63, 3.8) is 0 Å². The van der Waals surface area contributed by atoms with Gasteiger partial charge < -0.3 is 4.74 Å². The molecule has 1 heterocycles. The van der Waals surface area contributed by atoms with Crippen LogP contribution in [-0.4, -0.2) is 12.3 Å². The molecule has 0 spiro atoms. The second-order valence-electron chi connectivity index (χ2n) is 6.84. The van der Waals surface area contributed by atoms with E-state index in [0.717, 1.165) is 24.0 Å². The molecule has 0 N–H and O–H groups in total. The van der Waals surface area contributed by atoms with Crippen molar-refractivity contribution in [1.82, 2.24) is 0 Å². The summed E-state index contributed by atoms with van der Waals surface area (Å²) in [4.78, 5) is 0. The fourth-order valence-corrected chi connectivity index (χ4v) is 3.99. The van der Waals surface area contributed by atoms with E-state index in [1.54, 1.807) is 13.0 Å². The maximum absolute atomic E-state index is 15.1. The van der Waals surface area contributed by atoms with Gasteiger partial charge >= 0.3 is 0 Å². The van der Waals surface area contributed by atoms with Gasteiger partial charge in [-0.2, -0.15) is 0 Å². The van der Waals surface area contributed by atoms with Gasteiger partial charge in [0.1, 0.15) is 12.3 Å². The third-order valence-electron chi connectivity index (χ3n) is 5.36. The van der Waals surface area contributed by atoms with Crippen molar-refractivity contribution in [3.8, 4) is 5.75 Å². The molecule has 1 aliphatic carbocycles. The summed E-state index contributed by atoms with van der Waals surface area (Å²) in [6, 6.07) is 11.7. The van der Waals surface area contributed by atoms with Crippen molar-refractivity contribution in [1.29, 1.82) is 0 Å². The van der Waals surface area contributed by atoms with Gasteiger partial charge in [-0.05, 0) is 37.8 Å². The number of fused-ring (bicyclic) bond motifs is 3. The van der Waals surface area contributed by atoms with Crippen molar-refractivity contribution in [3.05, 3.63) is 64.5 Å². The highest BCUT2D eigenvalue weighted by atomic mass is 19.1. The SMILES string of the molecule is Cc1ccc(C2CCC3c4ccc(C)c(F)c4OC3C2F)cc1. The van der Waals surface area contributed by atoms with Crippen LogP contribution in [0.5, 0.6) is 5.75 Å². The molecule has 4 atom stereocenters. The lowest BCUT2D eigenvalue weighted by atomic mass is 9.74. The summed E-state index contributed by atoms with van der Waals surface area (Å²) < 4.78 is 35.2. The zero-order valence-electron chi connectivity index (χ0n) is 13.4. The Balaban J connectivity index is 1.65. The minimum Gasteiger partial charge on any atom is -0.483 e. The second kappa shape index (κ2) is 5.33. The second-order valence-corrected chi connectivity index (χ2v) is 6.84. The Morgan fingerprint density at radius 1 is 0.957 bits per heavy atom. The predicted octanol–water partition coefficient (Wildman–Crippen LogP) is 5.20. The van der Waals surface area contributed by atoms with Crippen LogP contribution in [0.4, 0.5) is 8.78 Å². The number of halogens is 2. The third kappa shape index (κ3) is 2.25. The average Bonchev–Trinajstić information content (AvgIpc) is 2.93. The summed E-state index contributed by atoms with van der Waals surface area (Å²) in [7, 11) is 0. The Bertz CT molecular complexity index is 738. The lowest BCUT2D eigenvalue weighted by molar-refractivity contribution is 0.0502. The monoisotopic (exact) mass is 314 g/mol. The molecule has 0 saturated heterocycles. The van der Waals surface area contributed by atoms with Crippen molar-refractivity contribution in [2.24, 2.45) is 0 Å². The van der Waals surface area contributed by atoms with E-state index in [2.05, 4.69) is 0 Å². The molecule has 120 valence electrons. The minimum absolute atomic E-state index is 0.0307. The summed E-state index contributed by atoms with van der Waals surface area (Å²) >= 11 is 0. The minimum atomic E-state index is -1.11. The molecule has 1 nitrogen and oxygen atoms in total. The number of rotatable bonds is 1. The summed E-state index contributed by atoms with van der Waals surface area (Å²) in [5, 5.41) is 0. The van der Waals surface area contributed by atoms with Crippen molar-refractivity contribution in [2.75, 3.05) is 0 Å². The van der Waals surface area contributed by atoms with E-state index in [1.165, 1.54) is 5.56 Å². The number of benzene rings is 2. The molecule has 0 bridgehead atoms. The van der Waals surface area contributed by atoms with Crippen LogP contribution in [-0.2, 0) is 0 Å². The Labute approximate surface area is 135 Å². The fraction of sp³-hybridized carbons (Fsp3) is 0.400. The summed E-state index contributed by atoms with van der Waals surface area (Å²) in [5.74, 6) is -0.268. The maximum atomic E-state index is 15.1. The molecule has 3 heteroatoms. The number of alkyl halides is 1. The number of hydrogen-bond acceptors (Lipinski definition) is 1. The molecule has 2 aromatic rings. The molecule has 23 heavy (non-hydrogen) atoms. The standard InChI is InChI=1S/C20H20F2O/c1-11-3-6-13(7-4-11)14-9-10-16-15-8-5-12(2)17(21)19(15)23-20(16)18(14)22/h3-8,14,16,18,20H,9-10H2,1-2H3. The molecule has 0 aromatic heterocycles. The molecule has 0 radical (unpaired) electrons. The van der Waals surface area contributed by atoms with Gasteiger partial charge in [0.2, 0.25) is 0 Å². The number of aryl methyl sites for hydroxylation is 2. The van der Waals surface area contributed by atoms with Gasteiger partial charge in [-0.25, -0.2) is 8.78 Å². The highest BCUT2D eigenvalue weighted by Gasteiger charge is 2.48. The first kappa shape index (κ1) is 14.7. The molecule has 0 amide bonds. The van der Waals surface area contributed by atoms with Crippen LogP contribution in [0.15, 0.2) is 36.4 Å². The third-order valence-corrected chi connectivity index (χ3v) is 5.36. The van der Waals surface area contributed by atoms with Crippen LogP contribution in [0.2, 0.25) is 0 Å². The van der Waals surface area contributed by atoms with E-state index in [0.29, 0.717) is 5.56 Å². The zero-order valence-corrected chi connectivity index (χ0v) is 13.4. The van der Waals surface area contributed by atoms with Crippen LogP contribution >= 0.6 is 0 Å². The van der Waals surface area contributed by atoms with E-state index in [1.807, 2.05) is 37.3 Å². The van der Waals surface area contributed by atoms with Crippen LogP contribution in [0.25, 0.3) is 0 Å². The van der Waals surface area contributed by atoms with Crippen molar-refractivity contribution in [2.45, 2.75) is 50.8 Å². The van der Waals surface area contributed by atoms with Crippen LogP contribution in [0.3, 0.4) is 0 Å². The molecule has 1 saturated carbocycles. The molecule has 1 aliphatic heterocycles. The smallest absolute Gasteiger partial charge is 0.168 e. The normalized spacial score (nSPS) is 28.9. The Morgan fingerprint density at radius 3 is 2.39 bits per heavy atom. The largest absolute Gasteiger partial charge is 0.483 e. The Kier molecular flexibility index (Phi) is 3.40. The van der Waals surface area contributed by atoms with Gasteiger partial charge in [-0.15, -0.1) is 0 Å². The average molecular weight is 314 g/mol. The maximum Gasteiger partial charge on any atom is 0.168 e. The first-order chi connectivity index (χ1) is 11.1. The zero-order chi connectivity index (χ0) is 16.1. The summed E-state index contributed by atoms with van der Waals surface area (Å²) in [6.45, 7) is 3.73. The quantitative estimate of drug-likeness (QED) is 0.702. The fourth-order valence-electron chi connectivity index (χ4n) is 3.99. The lowest BCUT2D eigenvalue weighted by Gasteiger charge is -2.34. The first-order valence-electron chi connectivity index (χ1n) is 8.22. The van der Waals surface area contributed by atoms with Gasteiger partial charge in [-0.3, -0.25) is 0 Å². The molecule has 2 aromatic carbocycles. The van der Waals surface area contributed by atoms with Gasteiger partial charge in [0.05, 0.1) is 0 Å². The topological polar surface area (TPSA) is 9.23 Å². The molecular weight excluding hydrogens is 294 g/mol. The van der Waals surface area contributed by atoms with E-state index >= 15 is 4.39 Å². The van der Waals surface area contributed by atoms with E-state index < -0.39 is 12.3 Å². The Hall–Kier alpha value is -1.90. The number of ether oxygens (including phenoxy) is 1. The molecule has 4 unspecified atom stereocenters.